The third kappa shape index (κ3) is 4.52. The molecule has 0 fully saturated rings. The van der Waals surface area contributed by atoms with E-state index < -0.39 is 0 Å². The quantitative estimate of drug-likeness (QED) is 0.693. The van der Waals surface area contributed by atoms with Crippen LogP contribution in [0, 0.1) is 5.82 Å². The van der Waals surface area contributed by atoms with E-state index in [1.807, 2.05) is 6.07 Å². The fourth-order valence-electron chi connectivity index (χ4n) is 1.61. The van der Waals surface area contributed by atoms with Gasteiger partial charge < -0.3 is 0 Å². The molecule has 0 atom stereocenters. The number of halogens is 3. The largest absolute Gasteiger partial charge is 0.298 e. The number of rotatable bonds is 6. The lowest BCUT2D eigenvalue weighted by molar-refractivity contribution is 0.279. The molecule has 90 valence electrons. The summed E-state index contributed by atoms with van der Waals surface area (Å²) in [5.74, 6) is -0.126. The minimum atomic E-state index is -0.126. The SMILES string of the molecule is CCCN(CCBr)Cc1cc(Br)ccc1F. The molecule has 0 aliphatic rings. The molecule has 1 rings (SSSR count). The summed E-state index contributed by atoms with van der Waals surface area (Å²) in [4.78, 5) is 2.25. The molecule has 0 saturated heterocycles. The van der Waals surface area contributed by atoms with Crippen molar-refractivity contribution in [3.63, 3.8) is 0 Å². The first-order valence-electron chi connectivity index (χ1n) is 5.39. The van der Waals surface area contributed by atoms with Crippen molar-refractivity contribution >= 4 is 31.9 Å². The molecule has 0 aliphatic heterocycles. The zero-order valence-electron chi connectivity index (χ0n) is 9.35. The zero-order chi connectivity index (χ0) is 12.0. The van der Waals surface area contributed by atoms with E-state index in [9.17, 15) is 4.39 Å². The van der Waals surface area contributed by atoms with Crippen LogP contribution in [0.1, 0.15) is 18.9 Å². The van der Waals surface area contributed by atoms with Crippen molar-refractivity contribution in [3.8, 4) is 0 Å². The van der Waals surface area contributed by atoms with Crippen molar-refractivity contribution in [3.05, 3.63) is 34.1 Å². The second-order valence-corrected chi connectivity index (χ2v) is 5.41. The first-order valence-corrected chi connectivity index (χ1v) is 7.31. The van der Waals surface area contributed by atoms with Gasteiger partial charge in [0.25, 0.3) is 0 Å². The third-order valence-corrected chi connectivity index (χ3v) is 3.19. The molecule has 1 aromatic carbocycles. The van der Waals surface area contributed by atoms with Crippen LogP contribution < -0.4 is 0 Å². The predicted octanol–water partition coefficient (Wildman–Crippen LogP) is 4.20. The van der Waals surface area contributed by atoms with E-state index in [2.05, 4.69) is 43.7 Å². The average molecular weight is 353 g/mol. The summed E-state index contributed by atoms with van der Waals surface area (Å²) in [6.45, 7) is 4.75. The lowest BCUT2D eigenvalue weighted by Crippen LogP contribution is -2.26. The fraction of sp³-hybridized carbons (Fsp3) is 0.500. The van der Waals surface area contributed by atoms with Crippen molar-refractivity contribution < 1.29 is 4.39 Å². The van der Waals surface area contributed by atoms with Crippen molar-refractivity contribution in [2.75, 3.05) is 18.4 Å². The van der Waals surface area contributed by atoms with Crippen LogP contribution in [0.25, 0.3) is 0 Å². The Labute approximate surface area is 113 Å². The molecule has 0 aliphatic carbocycles. The molecule has 0 aromatic heterocycles. The summed E-state index contributed by atoms with van der Waals surface area (Å²) in [7, 11) is 0. The van der Waals surface area contributed by atoms with E-state index in [0.717, 1.165) is 34.9 Å². The first-order chi connectivity index (χ1) is 7.67. The Morgan fingerprint density at radius 3 is 2.69 bits per heavy atom. The molecule has 0 spiro atoms. The van der Waals surface area contributed by atoms with Crippen LogP contribution >= 0.6 is 31.9 Å². The number of nitrogens with zero attached hydrogens (tertiary/aromatic N) is 1. The van der Waals surface area contributed by atoms with Gasteiger partial charge in [-0.15, -0.1) is 0 Å². The molecule has 0 bridgehead atoms. The first kappa shape index (κ1) is 14.1. The Morgan fingerprint density at radius 2 is 2.06 bits per heavy atom. The second-order valence-electron chi connectivity index (χ2n) is 3.70. The van der Waals surface area contributed by atoms with Crippen LogP contribution in [0.2, 0.25) is 0 Å². The molecule has 0 amide bonds. The molecule has 0 N–H and O–H groups in total. The maximum atomic E-state index is 13.6. The highest BCUT2D eigenvalue weighted by molar-refractivity contribution is 9.10. The van der Waals surface area contributed by atoms with Gasteiger partial charge in [-0.25, -0.2) is 4.39 Å². The number of alkyl halides is 1. The van der Waals surface area contributed by atoms with Crippen LogP contribution in [-0.2, 0) is 6.54 Å². The monoisotopic (exact) mass is 351 g/mol. The van der Waals surface area contributed by atoms with Crippen molar-refractivity contribution in [1.82, 2.24) is 4.90 Å². The van der Waals surface area contributed by atoms with Crippen molar-refractivity contribution in [2.45, 2.75) is 19.9 Å². The topological polar surface area (TPSA) is 3.24 Å². The van der Waals surface area contributed by atoms with Gasteiger partial charge in [0.2, 0.25) is 0 Å². The van der Waals surface area contributed by atoms with E-state index >= 15 is 0 Å². The highest BCUT2D eigenvalue weighted by Crippen LogP contribution is 2.17. The van der Waals surface area contributed by atoms with Crippen LogP contribution in [0.5, 0.6) is 0 Å². The Hall–Kier alpha value is 0.0700. The Kier molecular flexibility index (Phi) is 6.54. The highest BCUT2D eigenvalue weighted by Gasteiger charge is 2.08. The summed E-state index contributed by atoms with van der Waals surface area (Å²) in [6.07, 6.45) is 1.09. The minimum Gasteiger partial charge on any atom is -0.298 e. The lowest BCUT2D eigenvalue weighted by atomic mass is 10.2. The van der Waals surface area contributed by atoms with Gasteiger partial charge in [-0.2, -0.15) is 0 Å². The van der Waals surface area contributed by atoms with E-state index in [1.54, 1.807) is 6.07 Å². The van der Waals surface area contributed by atoms with Crippen molar-refractivity contribution in [2.24, 2.45) is 0 Å². The zero-order valence-corrected chi connectivity index (χ0v) is 12.5. The maximum absolute atomic E-state index is 13.6. The molecule has 16 heavy (non-hydrogen) atoms. The predicted molar refractivity (Wildman–Crippen MR) is 73.5 cm³/mol. The van der Waals surface area contributed by atoms with Gasteiger partial charge in [0, 0.05) is 28.5 Å². The van der Waals surface area contributed by atoms with Gasteiger partial charge in [0.15, 0.2) is 0 Å². The molecular weight excluding hydrogens is 337 g/mol. The second kappa shape index (κ2) is 7.41. The van der Waals surface area contributed by atoms with Crippen LogP contribution in [-0.4, -0.2) is 23.3 Å². The van der Waals surface area contributed by atoms with E-state index in [4.69, 9.17) is 0 Å². The number of hydrogen-bond donors (Lipinski definition) is 0. The summed E-state index contributed by atoms with van der Waals surface area (Å²) >= 11 is 6.79. The molecule has 1 aromatic rings. The number of benzene rings is 1. The normalized spacial score (nSPS) is 11.1. The average Bonchev–Trinajstić information content (AvgIpc) is 2.24. The summed E-state index contributed by atoms with van der Waals surface area (Å²) in [5.41, 5.74) is 0.753. The molecule has 4 heteroatoms. The van der Waals surface area contributed by atoms with Gasteiger partial charge in [-0.05, 0) is 31.2 Å². The Bertz CT molecular complexity index is 325. The van der Waals surface area contributed by atoms with Gasteiger partial charge >= 0.3 is 0 Å². The van der Waals surface area contributed by atoms with Crippen LogP contribution in [0.4, 0.5) is 4.39 Å². The van der Waals surface area contributed by atoms with Gasteiger partial charge in [0.1, 0.15) is 5.82 Å². The molecular formula is C12H16Br2FN. The van der Waals surface area contributed by atoms with Crippen LogP contribution in [0.15, 0.2) is 22.7 Å². The third-order valence-electron chi connectivity index (χ3n) is 2.34. The summed E-state index contributed by atoms with van der Waals surface area (Å²) < 4.78 is 14.5. The van der Waals surface area contributed by atoms with Crippen LogP contribution in [0.3, 0.4) is 0 Å². The molecule has 0 unspecified atom stereocenters. The van der Waals surface area contributed by atoms with E-state index in [-0.39, 0.29) is 5.82 Å². The Morgan fingerprint density at radius 1 is 1.31 bits per heavy atom. The molecule has 0 radical (unpaired) electrons. The summed E-state index contributed by atoms with van der Waals surface area (Å²) in [6, 6.07) is 5.09. The summed E-state index contributed by atoms with van der Waals surface area (Å²) in [5, 5.41) is 0.919. The van der Waals surface area contributed by atoms with E-state index in [0.29, 0.717) is 6.54 Å². The Balaban J connectivity index is 2.71. The number of hydrogen-bond acceptors (Lipinski definition) is 1. The standard InChI is InChI=1S/C12H16Br2FN/c1-2-6-16(7-5-13)9-10-8-11(14)3-4-12(10)15/h3-4,8H,2,5-7,9H2,1H3. The molecule has 0 saturated carbocycles. The lowest BCUT2D eigenvalue weighted by Gasteiger charge is -2.20. The maximum Gasteiger partial charge on any atom is 0.127 e. The van der Waals surface area contributed by atoms with E-state index in [1.165, 1.54) is 6.07 Å². The smallest absolute Gasteiger partial charge is 0.127 e. The van der Waals surface area contributed by atoms with Gasteiger partial charge in [-0.3, -0.25) is 4.90 Å². The highest BCUT2D eigenvalue weighted by atomic mass is 79.9. The minimum absolute atomic E-state index is 0.126. The van der Waals surface area contributed by atoms with Crippen molar-refractivity contribution in [1.29, 1.82) is 0 Å². The van der Waals surface area contributed by atoms with Gasteiger partial charge in [0.05, 0.1) is 0 Å². The molecule has 0 heterocycles. The fourth-order valence-corrected chi connectivity index (χ4v) is 2.52. The molecule has 1 nitrogen and oxygen atoms in total. The van der Waals surface area contributed by atoms with Gasteiger partial charge in [-0.1, -0.05) is 38.8 Å².